The third-order valence-corrected chi connectivity index (χ3v) is 4.05. The molecule has 118 valence electrons. The van der Waals surface area contributed by atoms with Crippen molar-refractivity contribution in [3.05, 3.63) is 106 Å². The molecule has 0 atom stereocenters. The smallest absolute Gasteiger partial charge is 0.272 e. The Hall–Kier alpha value is -3.64. The normalized spacial score (nSPS) is 12.6. The van der Waals surface area contributed by atoms with Gasteiger partial charge in [-0.15, -0.1) is 0 Å². The van der Waals surface area contributed by atoms with Crippen LogP contribution in [-0.4, -0.2) is 16.2 Å². The van der Waals surface area contributed by atoms with Crippen LogP contribution >= 0.6 is 0 Å². The van der Waals surface area contributed by atoms with Gasteiger partial charge in [-0.05, 0) is 36.4 Å². The molecular formula is C22H13NO2. The van der Waals surface area contributed by atoms with Crippen molar-refractivity contribution in [3.63, 3.8) is 0 Å². The molecule has 0 bridgehead atoms. The van der Waals surface area contributed by atoms with E-state index in [9.17, 15) is 10.0 Å². The van der Waals surface area contributed by atoms with E-state index in [-0.39, 0.29) is 11.5 Å². The van der Waals surface area contributed by atoms with Crippen molar-refractivity contribution in [2.24, 2.45) is 0 Å². The molecule has 0 aliphatic carbocycles. The Morgan fingerprint density at radius 1 is 0.760 bits per heavy atom. The van der Waals surface area contributed by atoms with Gasteiger partial charge >= 0.3 is 0 Å². The van der Waals surface area contributed by atoms with E-state index in [1.165, 1.54) is 0 Å². The second-order valence-corrected chi connectivity index (χ2v) is 5.69. The van der Waals surface area contributed by atoms with Crippen LogP contribution in [0.4, 0.5) is 5.69 Å². The van der Waals surface area contributed by atoms with Crippen molar-refractivity contribution in [3.8, 4) is 11.8 Å². The van der Waals surface area contributed by atoms with E-state index in [2.05, 4.69) is 11.8 Å². The first-order chi connectivity index (χ1) is 12.2. The summed E-state index contributed by atoms with van der Waals surface area (Å²) in [6.07, 6.45) is 0. The van der Waals surface area contributed by atoms with Crippen molar-refractivity contribution < 1.29 is 9.53 Å². The minimum atomic E-state index is -0.251. The fourth-order valence-electron chi connectivity index (χ4n) is 2.82. The van der Waals surface area contributed by atoms with Crippen molar-refractivity contribution in [2.75, 3.05) is 0 Å². The number of carbonyl (C=O) groups excluding carboxylic acids is 1. The Morgan fingerprint density at radius 2 is 1.40 bits per heavy atom. The average Bonchev–Trinajstić information content (AvgIpc) is 2.92. The Morgan fingerprint density at radius 3 is 2.12 bits per heavy atom. The molecule has 0 fully saturated rings. The first kappa shape index (κ1) is 14.9. The lowest BCUT2D eigenvalue weighted by atomic mass is 10.0. The maximum atomic E-state index is 12.6. The number of benzene rings is 3. The zero-order chi connectivity index (χ0) is 17.2. The first-order valence-electron chi connectivity index (χ1n) is 7.89. The molecule has 1 aliphatic heterocycles. The van der Waals surface area contributed by atoms with E-state index < -0.39 is 0 Å². The molecule has 0 spiro atoms. The number of ketones is 1. The average molecular weight is 323 g/mol. The SMILES string of the molecule is O=C1C(c2ccccc2)=[N+]([O-])c2cc(C#Cc3ccccc3)ccc21. The van der Waals surface area contributed by atoms with Crippen molar-refractivity contribution in [1.82, 2.24) is 0 Å². The van der Waals surface area contributed by atoms with Gasteiger partial charge in [-0.25, -0.2) is 0 Å². The Kier molecular flexibility index (Phi) is 3.64. The highest BCUT2D eigenvalue weighted by Crippen LogP contribution is 2.29. The van der Waals surface area contributed by atoms with E-state index in [0.717, 1.165) is 5.56 Å². The van der Waals surface area contributed by atoms with Crippen LogP contribution in [0.2, 0.25) is 0 Å². The van der Waals surface area contributed by atoms with Gasteiger partial charge in [-0.3, -0.25) is 4.79 Å². The zero-order valence-electron chi connectivity index (χ0n) is 13.3. The summed E-state index contributed by atoms with van der Waals surface area (Å²) in [6, 6.07) is 23.7. The zero-order valence-corrected chi connectivity index (χ0v) is 13.3. The molecule has 0 amide bonds. The Labute approximate surface area is 145 Å². The van der Waals surface area contributed by atoms with E-state index in [1.54, 1.807) is 30.3 Å². The number of carbonyl (C=O) groups is 1. The van der Waals surface area contributed by atoms with Crippen LogP contribution in [-0.2, 0) is 0 Å². The lowest BCUT2D eigenvalue weighted by Crippen LogP contribution is -2.16. The topological polar surface area (TPSA) is 43.1 Å². The predicted molar refractivity (Wildman–Crippen MR) is 97.0 cm³/mol. The third-order valence-electron chi connectivity index (χ3n) is 4.05. The van der Waals surface area contributed by atoms with Crippen LogP contribution in [0.3, 0.4) is 0 Å². The molecule has 0 saturated heterocycles. The largest absolute Gasteiger partial charge is 0.618 e. The van der Waals surface area contributed by atoms with E-state index in [1.807, 2.05) is 48.5 Å². The highest BCUT2D eigenvalue weighted by atomic mass is 16.5. The van der Waals surface area contributed by atoms with Crippen LogP contribution in [0.15, 0.2) is 78.9 Å². The molecule has 4 rings (SSSR count). The molecule has 0 radical (unpaired) electrons. The Balaban J connectivity index is 1.75. The van der Waals surface area contributed by atoms with Gasteiger partial charge in [0, 0.05) is 17.2 Å². The summed E-state index contributed by atoms with van der Waals surface area (Å²) >= 11 is 0. The maximum absolute atomic E-state index is 12.6. The molecule has 0 aromatic heterocycles. The van der Waals surface area contributed by atoms with Gasteiger partial charge in [-0.1, -0.05) is 48.2 Å². The van der Waals surface area contributed by atoms with Gasteiger partial charge in [0.1, 0.15) is 5.56 Å². The maximum Gasteiger partial charge on any atom is 0.272 e. The quantitative estimate of drug-likeness (QED) is 0.387. The summed E-state index contributed by atoms with van der Waals surface area (Å²) in [4.78, 5) is 12.6. The fourth-order valence-corrected chi connectivity index (χ4v) is 2.82. The summed E-state index contributed by atoms with van der Waals surface area (Å²) in [5, 5.41) is 12.6. The number of nitrogens with zero attached hydrogens (tertiary/aromatic N) is 1. The van der Waals surface area contributed by atoms with Gasteiger partial charge in [0.25, 0.3) is 11.5 Å². The molecule has 3 aromatic carbocycles. The van der Waals surface area contributed by atoms with Crippen LogP contribution in [0.5, 0.6) is 0 Å². The molecule has 1 heterocycles. The molecule has 0 saturated carbocycles. The molecular weight excluding hydrogens is 310 g/mol. The highest BCUT2D eigenvalue weighted by molar-refractivity contribution is 6.52. The minimum absolute atomic E-state index is 0.156. The van der Waals surface area contributed by atoms with Gasteiger partial charge in [0.2, 0.25) is 5.69 Å². The molecule has 25 heavy (non-hydrogen) atoms. The van der Waals surface area contributed by atoms with Gasteiger partial charge in [0.15, 0.2) is 0 Å². The number of fused-ring (bicyclic) bond motifs is 1. The van der Waals surface area contributed by atoms with E-state index in [4.69, 9.17) is 0 Å². The van der Waals surface area contributed by atoms with Crippen LogP contribution in [0, 0.1) is 17.0 Å². The monoisotopic (exact) mass is 323 g/mol. The van der Waals surface area contributed by atoms with Gasteiger partial charge in [-0.2, -0.15) is 4.74 Å². The van der Waals surface area contributed by atoms with Crippen LogP contribution < -0.4 is 0 Å². The third kappa shape index (κ3) is 2.71. The van der Waals surface area contributed by atoms with Crippen molar-refractivity contribution >= 4 is 17.2 Å². The van der Waals surface area contributed by atoms with Crippen molar-refractivity contribution in [2.45, 2.75) is 0 Å². The summed E-state index contributed by atoms with van der Waals surface area (Å²) in [7, 11) is 0. The molecule has 0 N–H and O–H groups in total. The summed E-state index contributed by atoms with van der Waals surface area (Å²) in [5.74, 6) is 5.85. The van der Waals surface area contributed by atoms with Crippen LogP contribution in [0.25, 0.3) is 0 Å². The summed E-state index contributed by atoms with van der Waals surface area (Å²) in [5.41, 5.74) is 3.14. The molecule has 1 aliphatic rings. The number of hydrogen-bond acceptors (Lipinski definition) is 2. The van der Waals surface area contributed by atoms with Gasteiger partial charge in [0.05, 0.1) is 5.56 Å². The van der Waals surface area contributed by atoms with Crippen molar-refractivity contribution in [1.29, 1.82) is 0 Å². The van der Waals surface area contributed by atoms with Crippen LogP contribution in [0.1, 0.15) is 27.0 Å². The highest BCUT2D eigenvalue weighted by Gasteiger charge is 2.36. The molecule has 3 heteroatoms. The summed E-state index contributed by atoms with van der Waals surface area (Å²) < 4.78 is 0.709. The second-order valence-electron chi connectivity index (χ2n) is 5.69. The predicted octanol–water partition coefficient (Wildman–Crippen LogP) is 3.91. The molecule has 3 aromatic rings. The second kappa shape index (κ2) is 6.10. The lowest BCUT2D eigenvalue weighted by molar-refractivity contribution is -0.355. The molecule has 0 unspecified atom stereocenters. The Bertz CT molecular complexity index is 1060. The van der Waals surface area contributed by atoms with E-state index in [0.29, 0.717) is 27.1 Å². The number of rotatable bonds is 1. The fraction of sp³-hybridized carbons (Fsp3) is 0. The van der Waals surface area contributed by atoms with E-state index >= 15 is 0 Å². The minimum Gasteiger partial charge on any atom is -0.618 e. The van der Waals surface area contributed by atoms with Gasteiger partial charge < -0.3 is 5.21 Å². The lowest BCUT2D eigenvalue weighted by Gasteiger charge is -2.02. The number of hydrogen-bond donors (Lipinski definition) is 0. The number of Topliss-reactive ketones (excluding diaryl/α,β-unsaturated/α-hetero) is 1. The first-order valence-corrected chi connectivity index (χ1v) is 7.89. The standard InChI is InChI=1S/C22H13NO2/c24-22-19-14-13-17(12-11-16-7-3-1-4-8-16)15-20(19)23(25)21(22)18-9-5-2-6-10-18/h1-10,13-15H. The molecule has 3 nitrogen and oxygen atoms in total. The summed E-state index contributed by atoms with van der Waals surface area (Å²) in [6.45, 7) is 0.